The molecule has 6 heteroatoms. The Balaban J connectivity index is 1.57. The summed E-state index contributed by atoms with van der Waals surface area (Å²) in [6.45, 7) is 4.22. The summed E-state index contributed by atoms with van der Waals surface area (Å²) in [4.78, 5) is 17.1. The number of H-pyrrole nitrogens is 1. The van der Waals surface area contributed by atoms with Gasteiger partial charge in [0.2, 0.25) is 0 Å². The Morgan fingerprint density at radius 2 is 1.96 bits per heavy atom. The number of aromatic amines is 1. The first-order chi connectivity index (χ1) is 13.6. The maximum atomic E-state index is 12.8. The summed E-state index contributed by atoms with van der Waals surface area (Å²) in [5.74, 6) is 0.776. The molecule has 6 nitrogen and oxygen atoms in total. The van der Waals surface area contributed by atoms with Gasteiger partial charge in [-0.25, -0.2) is 4.98 Å². The fourth-order valence-electron chi connectivity index (χ4n) is 2.99. The molecular formula is C22H21N5O. The van der Waals surface area contributed by atoms with E-state index in [-0.39, 0.29) is 5.91 Å². The zero-order chi connectivity index (χ0) is 19.5. The molecular weight excluding hydrogens is 350 g/mol. The third-order valence-electron chi connectivity index (χ3n) is 4.58. The van der Waals surface area contributed by atoms with Gasteiger partial charge in [0.25, 0.3) is 5.91 Å². The molecule has 2 heterocycles. The predicted octanol–water partition coefficient (Wildman–Crippen LogP) is 5.08. The fraction of sp³-hybridized carbons (Fsp3) is 0.136. The summed E-state index contributed by atoms with van der Waals surface area (Å²) >= 11 is 0. The second kappa shape index (κ2) is 7.52. The molecule has 2 aromatic heterocycles. The zero-order valence-corrected chi connectivity index (χ0v) is 15.7. The monoisotopic (exact) mass is 371 g/mol. The van der Waals surface area contributed by atoms with E-state index in [1.54, 1.807) is 18.5 Å². The molecule has 0 aliphatic heterocycles. The first-order valence-corrected chi connectivity index (χ1v) is 9.16. The smallest absolute Gasteiger partial charge is 0.255 e. The number of hydrogen-bond acceptors (Lipinski definition) is 4. The highest BCUT2D eigenvalue weighted by atomic mass is 16.1. The van der Waals surface area contributed by atoms with Crippen molar-refractivity contribution in [2.75, 3.05) is 10.6 Å². The van der Waals surface area contributed by atoms with Crippen LogP contribution in [0.5, 0.6) is 0 Å². The molecule has 0 aliphatic carbocycles. The standard InChI is InChI=1S/C22H21N5O/c1-14(2)15-5-3-6-16(11-15)22(28)26-19-7-4-10-23-21(19)25-18-9-8-17-13-24-27-20(17)12-18/h3-14H,1-2H3,(H,23,25)(H,24,27)(H,26,28). The first kappa shape index (κ1) is 17.7. The summed E-state index contributed by atoms with van der Waals surface area (Å²) in [5.41, 5.74) is 4.15. The fourth-order valence-corrected chi connectivity index (χ4v) is 2.99. The molecule has 1 amide bonds. The van der Waals surface area contributed by atoms with Crippen LogP contribution in [-0.4, -0.2) is 21.1 Å². The highest BCUT2D eigenvalue weighted by Crippen LogP contribution is 2.25. The van der Waals surface area contributed by atoms with Gasteiger partial charge in [-0.3, -0.25) is 9.89 Å². The number of rotatable bonds is 5. The van der Waals surface area contributed by atoms with E-state index in [0.29, 0.717) is 23.0 Å². The predicted molar refractivity (Wildman–Crippen MR) is 112 cm³/mol. The zero-order valence-electron chi connectivity index (χ0n) is 15.7. The Kier molecular flexibility index (Phi) is 4.76. The van der Waals surface area contributed by atoms with Gasteiger partial charge < -0.3 is 10.6 Å². The van der Waals surface area contributed by atoms with Gasteiger partial charge in [0, 0.05) is 22.8 Å². The molecule has 0 bridgehead atoms. The lowest BCUT2D eigenvalue weighted by Crippen LogP contribution is -2.14. The second-order valence-corrected chi connectivity index (χ2v) is 6.93. The van der Waals surface area contributed by atoms with E-state index in [4.69, 9.17) is 0 Å². The van der Waals surface area contributed by atoms with Crippen LogP contribution < -0.4 is 10.6 Å². The number of amides is 1. The van der Waals surface area contributed by atoms with Crippen molar-refractivity contribution in [2.24, 2.45) is 0 Å². The SMILES string of the molecule is CC(C)c1cccc(C(=O)Nc2cccnc2Nc2ccc3cn[nH]c3c2)c1. The normalized spacial score (nSPS) is 11.0. The average molecular weight is 371 g/mol. The van der Waals surface area contributed by atoms with E-state index >= 15 is 0 Å². The van der Waals surface area contributed by atoms with Gasteiger partial charge in [-0.1, -0.05) is 26.0 Å². The molecule has 0 aliphatic rings. The van der Waals surface area contributed by atoms with E-state index in [1.165, 1.54) is 0 Å². The van der Waals surface area contributed by atoms with Crippen LogP contribution in [0.1, 0.15) is 35.7 Å². The summed E-state index contributed by atoms with van der Waals surface area (Å²) < 4.78 is 0. The minimum Gasteiger partial charge on any atom is -0.338 e. The molecule has 28 heavy (non-hydrogen) atoms. The molecule has 0 radical (unpaired) electrons. The molecule has 2 aromatic carbocycles. The maximum absolute atomic E-state index is 12.8. The Morgan fingerprint density at radius 3 is 2.82 bits per heavy atom. The van der Waals surface area contributed by atoms with E-state index in [1.807, 2.05) is 48.5 Å². The number of pyridine rings is 1. The second-order valence-electron chi connectivity index (χ2n) is 6.93. The van der Waals surface area contributed by atoms with Crippen molar-refractivity contribution >= 4 is 34.0 Å². The lowest BCUT2D eigenvalue weighted by atomic mass is 10.0. The van der Waals surface area contributed by atoms with Crippen LogP contribution >= 0.6 is 0 Å². The Bertz CT molecular complexity index is 1130. The van der Waals surface area contributed by atoms with Crippen molar-refractivity contribution in [3.8, 4) is 0 Å². The van der Waals surface area contributed by atoms with Gasteiger partial charge in [0.15, 0.2) is 5.82 Å². The molecule has 0 saturated heterocycles. The van der Waals surface area contributed by atoms with Gasteiger partial charge in [-0.15, -0.1) is 0 Å². The Morgan fingerprint density at radius 1 is 1.07 bits per heavy atom. The molecule has 4 rings (SSSR count). The Labute approximate surface area is 163 Å². The third-order valence-corrected chi connectivity index (χ3v) is 4.58. The molecule has 0 atom stereocenters. The van der Waals surface area contributed by atoms with Crippen LogP contribution in [0.15, 0.2) is 67.0 Å². The number of carbonyl (C=O) groups excluding carboxylic acids is 1. The summed E-state index contributed by atoms with van der Waals surface area (Å²) in [7, 11) is 0. The average Bonchev–Trinajstić information content (AvgIpc) is 3.17. The highest BCUT2D eigenvalue weighted by Gasteiger charge is 2.12. The molecule has 0 spiro atoms. The van der Waals surface area contributed by atoms with E-state index in [2.05, 4.69) is 39.7 Å². The minimum absolute atomic E-state index is 0.164. The minimum atomic E-state index is -0.164. The lowest BCUT2D eigenvalue weighted by Gasteiger charge is -2.13. The molecule has 0 saturated carbocycles. The van der Waals surface area contributed by atoms with Crippen LogP contribution in [0.25, 0.3) is 10.9 Å². The number of aromatic nitrogens is 3. The van der Waals surface area contributed by atoms with Crippen LogP contribution in [0.3, 0.4) is 0 Å². The number of anilines is 3. The van der Waals surface area contributed by atoms with E-state index in [0.717, 1.165) is 22.2 Å². The third kappa shape index (κ3) is 3.71. The van der Waals surface area contributed by atoms with Crippen LogP contribution in [0.2, 0.25) is 0 Å². The molecule has 0 fully saturated rings. The van der Waals surface area contributed by atoms with E-state index in [9.17, 15) is 4.79 Å². The Hall–Kier alpha value is -3.67. The summed E-state index contributed by atoms with van der Waals surface area (Å²) in [5, 5.41) is 14.2. The van der Waals surface area contributed by atoms with Crippen molar-refractivity contribution in [2.45, 2.75) is 19.8 Å². The van der Waals surface area contributed by atoms with Crippen LogP contribution in [0, 0.1) is 0 Å². The summed E-state index contributed by atoms with van der Waals surface area (Å²) in [6, 6.07) is 17.2. The number of benzene rings is 2. The maximum Gasteiger partial charge on any atom is 0.255 e. The quantitative estimate of drug-likeness (QED) is 0.457. The van der Waals surface area contributed by atoms with Crippen molar-refractivity contribution in [1.29, 1.82) is 0 Å². The van der Waals surface area contributed by atoms with E-state index < -0.39 is 0 Å². The molecule has 4 aromatic rings. The van der Waals surface area contributed by atoms with Gasteiger partial charge >= 0.3 is 0 Å². The largest absolute Gasteiger partial charge is 0.338 e. The number of fused-ring (bicyclic) bond motifs is 1. The first-order valence-electron chi connectivity index (χ1n) is 9.16. The van der Waals surface area contributed by atoms with Gasteiger partial charge in [-0.05, 0) is 53.9 Å². The number of nitrogens with one attached hydrogen (secondary N) is 3. The molecule has 0 unspecified atom stereocenters. The van der Waals surface area contributed by atoms with Gasteiger partial charge in [0.1, 0.15) is 0 Å². The van der Waals surface area contributed by atoms with Gasteiger partial charge in [0.05, 0.1) is 17.4 Å². The van der Waals surface area contributed by atoms with Gasteiger partial charge in [-0.2, -0.15) is 5.10 Å². The molecule has 3 N–H and O–H groups in total. The van der Waals surface area contributed by atoms with Crippen LogP contribution in [-0.2, 0) is 0 Å². The van der Waals surface area contributed by atoms with Crippen molar-refractivity contribution < 1.29 is 4.79 Å². The highest BCUT2D eigenvalue weighted by molar-refractivity contribution is 6.06. The van der Waals surface area contributed by atoms with Crippen molar-refractivity contribution in [3.05, 3.63) is 78.1 Å². The van der Waals surface area contributed by atoms with Crippen molar-refractivity contribution in [1.82, 2.24) is 15.2 Å². The molecule has 140 valence electrons. The number of hydrogen-bond donors (Lipinski definition) is 3. The summed E-state index contributed by atoms with van der Waals surface area (Å²) in [6.07, 6.45) is 3.46. The topological polar surface area (TPSA) is 82.7 Å². The number of nitrogens with zero attached hydrogens (tertiary/aromatic N) is 2. The van der Waals surface area contributed by atoms with Crippen molar-refractivity contribution in [3.63, 3.8) is 0 Å². The number of carbonyl (C=O) groups is 1. The lowest BCUT2D eigenvalue weighted by molar-refractivity contribution is 0.102. The van der Waals surface area contributed by atoms with Crippen LogP contribution in [0.4, 0.5) is 17.2 Å².